The summed E-state index contributed by atoms with van der Waals surface area (Å²) in [5, 5.41) is 0. The minimum Gasteiger partial charge on any atom is -0.286 e. The van der Waals surface area contributed by atoms with Crippen LogP contribution in [-0.4, -0.2) is 27.8 Å². The molecule has 0 aliphatic carbocycles. The Morgan fingerprint density at radius 2 is 2.00 bits per heavy atom. The largest absolute Gasteiger partial charge is 0.286 e. The Kier molecular flexibility index (Phi) is 4.46. The smallest absolute Gasteiger partial charge is 0.235 e. The molecule has 1 aliphatic heterocycles. The third-order valence-corrected chi connectivity index (χ3v) is 3.83. The lowest BCUT2D eigenvalue weighted by Crippen LogP contribution is -2.37. The summed E-state index contributed by atoms with van der Waals surface area (Å²) in [6, 6.07) is 0.361. The Labute approximate surface area is 90.0 Å². The zero-order valence-electron chi connectivity index (χ0n) is 8.19. The molecule has 1 rings (SSSR count). The van der Waals surface area contributed by atoms with Gasteiger partial charge in [-0.3, -0.25) is 9.10 Å². The molecule has 0 unspecified atom stereocenters. The summed E-state index contributed by atoms with van der Waals surface area (Å²) in [4.78, 5) is 11.6. The van der Waals surface area contributed by atoms with E-state index in [1.165, 1.54) is 0 Å². The summed E-state index contributed by atoms with van der Waals surface area (Å²) >= 11 is 6.25. The molecule has 0 bridgehead atoms. The van der Waals surface area contributed by atoms with E-state index in [0.717, 1.165) is 24.3 Å². The minimum absolute atomic E-state index is 0.0621. The first-order chi connectivity index (χ1) is 6.13. The number of nitrogens with zero attached hydrogens (tertiary/aromatic N) is 1. The predicted octanol–water partition coefficient (Wildman–Crippen LogP) is 2.21. The second-order valence-electron chi connectivity index (χ2n) is 3.68. The fraction of sp³-hybridized carbons (Fsp3) is 0.889. The van der Waals surface area contributed by atoms with Crippen molar-refractivity contribution in [3.05, 3.63) is 0 Å². The summed E-state index contributed by atoms with van der Waals surface area (Å²) in [5.74, 6) is 2.53. The summed E-state index contributed by atoms with van der Waals surface area (Å²) in [7, 11) is 0. The van der Waals surface area contributed by atoms with Crippen LogP contribution in [0.1, 0.15) is 26.7 Å². The van der Waals surface area contributed by atoms with Crippen LogP contribution in [0.3, 0.4) is 0 Å². The van der Waals surface area contributed by atoms with Gasteiger partial charge in [-0.1, -0.05) is 26.7 Å². The van der Waals surface area contributed by atoms with Gasteiger partial charge in [0.1, 0.15) is 0 Å². The van der Waals surface area contributed by atoms with Gasteiger partial charge in [-0.15, -0.1) is 0 Å². The van der Waals surface area contributed by atoms with Crippen LogP contribution in [0.5, 0.6) is 0 Å². The van der Waals surface area contributed by atoms with Crippen LogP contribution >= 0.6 is 24.6 Å². The van der Waals surface area contributed by atoms with E-state index in [0.29, 0.717) is 6.04 Å². The average molecular weight is 219 g/mol. The Bertz CT molecular complexity index is 178. The van der Waals surface area contributed by atoms with Gasteiger partial charge in [-0.25, -0.2) is 0 Å². The van der Waals surface area contributed by atoms with Gasteiger partial charge in [0.05, 0.1) is 0 Å². The van der Waals surface area contributed by atoms with Gasteiger partial charge in [0.25, 0.3) is 0 Å². The maximum absolute atomic E-state index is 11.6. The molecule has 0 spiro atoms. The molecule has 1 fully saturated rings. The van der Waals surface area contributed by atoms with Crippen LogP contribution in [-0.2, 0) is 4.79 Å². The van der Waals surface area contributed by atoms with Gasteiger partial charge in [-0.05, 0) is 24.3 Å². The summed E-state index contributed by atoms with van der Waals surface area (Å²) in [6.45, 7) is 3.84. The lowest BCUT2D eigenvalue weighted by molar-refractivity contribution is -0.130. The number of thioether (sulfide) groups is 1. The van der Waals surface area contributed by atoms with Gasteiger partial charge in [0, 0.05) is 12.0 Å². The van der Waals surface area contributed by atoms with Crippen LogP contribution in [0.25, 0.3) is 0 Å². The Balaban J connectivity index is 2.45. The Hall–Kier alpha value is 0.170. The highest BCUT2D eigenvalue weighted by Gasteiger charge is 2.24. The van der Waals surface area contributed by atoms with Crippen molar-refractivity contribution in [2.75, 3.05) is 11.5 Å². The SMILES string of the molecule is CC(C)C(=O)N(S)C1CCSCC1. The van der Waals surface area contributed by atoms with Crippen molar-refractivity contribution in [3.63, 3.8) is 0 Å². The zero-order chi connectivity index (χ0) is 9.84. The zero-order valence-corrected chi connectivity index (χ0v) is 9.90. The molecule has 0 N–H and O–H groups in total. The molecule has 0 aromatic carbocycles. The van der Waals surface area contributed by atoms with Crippen molar-refractivity contribution in [1.82, 2.24) is 4.31 Å². The highest BCUT2D eigenvalue weighted by molar-refractivity contribution is 7.99. The predicted molar refractivity (Wildman–Crippen MR) is 61.0 cm³/mol. The van der Waals surface area contributed by atoms with Crippen LogP contribution in [0.4, 0.5) is 0 Å². The second-order valence-corrected chi connectivity index (χ2v) is 5.34. The minimum atomic E-state index is 0.0621. The number of rotatable bonds is 2. The molecular formula is C9H17NOS2. The van der Waals surface area contributed by atoms with E-state index in [4.69, 9.17) is 0 Å². The van der Waals surface area contributed by atoms with Gasteiger partial charge < -0.3 is 0 Å². The van der Waals surface area contributed by atoms with E-state index < -0.39 is 0 Å². The van der Waals surface area contributed by atoms with Gasteiger partial charge >= 0.3 is 0 Å². The molecule has 4 heteroatoms. The summed E-state index contributed by atoms with van der Waals surface area (Å²) in [5.41, 5.74) is 0. The molecule has 13 heavy (non-hydrogen) atoms. The molecule has 76 valence electrons. The van der Waals surface area contributed by atoms with E-state index in [1.807, 2.05) is 25.6 Å². The number of hydrogen-bond acceptors (Lipinski definition) is 3. The van der Waals surface area contributed by atoms with E-state index in [-0.39, 0.29) is 11.8 Å². The molecule has 1 amide bonds. The van der Waals surface area contributed by atoms with Crippen LogP contribution in [0.15, 0.2) is 0 Å². The highest BCUT2D eigenvalue weighted by atomic mass is 32.2. The first-order valence-corrected chi connectivity index (χ1v) is 6.28. The van der Waals surface area contributed by atoms with Crippen molar-refractivity contribution >= 4 is 30.5 Å². The molecule has 0 radical (unpaired) electrons. The van der Waals surface area contributed by atoms with Crippen molar-refractivity contribution in [2.45, 2.75) is 32.7 Å². The molecule has 0 aromatic heterocycles. The number of hydrogen-bond donors (Lipinski definition) is 1. The fourth-order valence-corrected chi connectivity index (χ4v) is 2.92. The third-order valence-electron chi connectivity index (χ3n) is 2.26. The third kappa shape index (κ3) is 3.09. The Morgan fingerprint density at radius 3 is 2.46 bits per heavy atom. The van der Waals surface area contributed by atoms with E-state index in [2.05, 4.69) is 12.8 Å². The maximum Gasteiger partial charge on any atom is 0.235 e. The lowest BCUT2D eigenvalue weighted by Gasteiger charge is -2.30. The lowest BCUT2D eigenvalue weighted by atomic mass is 10.1. The average Bonchev–Trinajstić information content (AvgIpc) is 2.17. The normalized spacial score (nSPS) is 19.1. The molecule has 0 aromatic rings. The second kappa shape index (κ2) is 5.15. The fourth-order valence-electron chi connectivity index (χ4n) is 1.37. The quantitative estimate of drug-likeness (QED) is 0.719. The molecule has 0 saturated carbocycles. The number of amides is 1. The first kappa shape index (κ1) is 11.2. The molecule has 1 saturated heterocycles. The van der Waals surface area contributed by atoms with Crippen molar-refractivity contribution in [3.8, 4) is 0 Å². The maximum atomic E-state index is 11.6. The van der Waals surface area contributed by atoms with Crippen LogP contribution in [0.2, 0.25) is 0 Å². The number of carbonyl (C=O) groups excluding carboxylic acids is 1. The van der Waals surface area contributed by atoms with Crippen molar-refractivity contribution in [1.29, 1.82) is 0 Å². The van der Waals surface area contributed by atoms with Gasteiger partial charge in [0.15, 0.2) is 0 Å². The van der Waals surface area contributed by atoms with E-state index in [1.54, 1.807) is 4.31 Å². The first-order valence-electron chi connectivity index (χ1n) is 4.72. The van der Waals surface area contributed by atoms with E-state index >= 15 is 0 Å². The summed E-state index contributed by atoms with van der Waals surface area (Å²) < 4.78 is 1.64. The van der Waals surface area contributed by atoms with Gasteiger partial charge in [0.2, 0.25) is 5.91 Å². The molecule has 2 nitrogen and oxygen atoms in total. The molecule has 1 aliphatic rings. The topological polar surface area (TPSA) is 20.3 Å². The number of carbonyl (C=O) groups is 1. The highest BCUT2D eigenvalue weighted by Crippen LogP contribution is 2.24. The van der Waals surface area contributed by atoms with Crippen molar-refractivity contribution < 1.29 is 4.79 Å². The molecule has 1 heterocycles. The monoisotopic (exact) mass is 219 g/mol. The number of thiol groups is 1. The summed E-state index contributed by atoms with van der Waals surface area (Å²) in [6.07, 6.45) is 2.18. The van der Waals surface area contributed by atoms with Crippen molar-refractivity contribution in [2.24, 2.45) is 5.92 Å². The molecular weight excluding hydrogens is 202 g/mol. The van der Waals surface area contributed by atoms with Gasteiger partial charge in [-0.2, -0.15) is 11.8 Å². The Morgan fingerprint density at radius 1 is 1.46 bits per heavy atom. The standard InChI is InChI=1S/C9H17NOS2/c1-7(2)9(11)10(12)8-3-5-13-6-4-8/h7-8,12H,3-6H2,1-2H3. The molecule has 0 atom stereocenters. The van der Waals surface area contributed by atoms with Crippen LogP contribution in [0, 0.1) is 5.92 Å². The van der Waals surface area contributed by atoms with E-state index in [9.17, 15) is 4.79 Å². The van der Waals surface area contributed by atoms with Crippen LogP contribution < -0.4 is 0 Å².